The summed E-state index contributed by atoms with van der Waals surface area (Å²) in [5.74, 6) is 0.0312. The molecule has 1 heterocycles. The number of hydrogen-bond acceptors (Lipinski definition) is 3. The van der Waals surface area contributed by atoms with Crippen molar-refractivity contribution in [2.45, 2.75) is 13.8 Å². The molecule has 0 unspecified atom stereocenters. The number of aryl methyl sites for hydroxylation is 2. The number of aromatic nitrogens is 2. The van der Waals surface area contributed by atoms with Crippen LogP contribution in [0.15, 0.2) is 30.6 Å². The number of benzene rings is 1. The summed E-state index contributed by atoms with van der Waals surface area (Å²) in [5, 5.41) is 2.83. The molecule has 4 nitrogen and oxygen atoms in total. The molecule has 2 aromatic rings. The second kappa shape index (κ2) is 5.14. The summed E-state index contributed by atoms with van der Waals surface area (Å²) in [6.07, 6.45) is 2.94. The van der Waals surface area contributed by atoms with Crippen LogP contribution in [0, 0.1) is 13.8 Å². The molecule has 1 amide bonds. The minimum Gasteiger partial charge on any atom is -0.304 e. The molecule has 0 bridgehead atoms. The Labute approximate surface area is 110 Å². The number of nitrogens with zero attached hydrogens (tertiary/aromatic N) is 2. The van der Waals surface area contributed by atoms with E-state index in [4.69, 9.17) is 11.6 Å². The maximum Gasteiger partial charge on any atom is 0.257 e. The van der Waals surface area contributed by atoms with Crippen LogP contribution in [0.4, 0.5) is 5.82 Å². The zero-order valence-corrected chi connectivity index (χ0v) is 10.8. The van der Waals surface area contributed by atoms with Gasteiger partial charge in [0.2, 0.25) is 0 Å². The topological polar surface area (TPSA) is 54.9 Å². The number of nitrogens with one attached hydrogen (secondary N) is 1. The first-order valence-electron chi connectivity index (χ1n) is 5.43. The highest BCUT2D eigenvalue weighted by atomic mass is 35.5. The van der Waals surface area contributed by atoms with Gasteiger partial charge in [-0.25, -0.2) is 9.97 Å². The zero-order chi connectivity index (χ0) is 13.1. The maximum absolute atomic E-state index is 12.1. The van der Waals surface area contributed by atoms with Crippen LogP contribution in [0.25, 0.3) is 0 Å². The number of rotatable bonds is 2. The van der Waals surface area contributed by atoms with Crippen molar-refractivity contribution in [3.8, 4) is 0 Å². The van der Waals surface area contributed by atoms with Gasteiger partial charge in [-0.05, 0) is 25.5 Å². The van der Waals surface area contributed by atoms with Crippen molar-refractivity contribution < 1.29 is 4.79 Å². The van der Waals surface area contributed by atoms with Crippen LogP contribution < -0.4 is 5.32 Å². The van der Waals surface area contributed by atoms with Crippen molar-refractivity contribution in [3.05, 3.63) is 52.4 Å². The van der Waals surface area contributed by atoms with Gasteiger partial charge in [-0.3, -0.25) is 4.79 Å². The summed E-state index contributed by atoms with van der Waals surface area (Å²) in [5.41, 5.74) is 2.53. The number of amides is 1. The van der Waals surface area contributed by atoms with Gasteiger partial charge in [0.25, 0.3) is 5.91 Å². The zero-order valence-electron chi connectivity index (χ0n) is 10.1. The third kappa shape index (κ3) is 2.65. The predicted molar refractivity (Wildman–Crippen MR) is 70.9 cm³/mol. The van der Waals surface area contributed by atoms with Gasteiger partial charge in [0.05, 0.1) is 0 Å². The van der Waals surface area contributed by atoms with Crippen molar-refractivity contribution in [1.82, 2.24) is 9.97 Å². The Morgan fingerprint density at radius 2 is 1.94 bits per heavy atom. The number of anilines is 1. The molecule has 1 aromatic heterocycles. The number of halogens is 1. The number of hydrogen-bond donors (Lipinski definition) is 1. The van der Waals surface area contributed by atoms with E-state index in [-0.39, 0.29) is 16.9 Å². The molecule has 2 rings (SSSR count). The summed E-state index contributed by atoms with van der Waals surface area (Å²) in [6.45, 7) is 3.82. The molecular formula is C13H12ClN3O. The average Bonchev–Trinajstić information content (AvgIpc) is 2.35. The van der Waals surface area contributed by atoms with Crippen LogP contribution in [0.5, 0.6) is 0 Å². The molecule has 0 saturated carbocycles. The van der Waals surface area contributed by atoms with E-state index in [1.807, 2.05) is 32.0 Å². The quantitative estimate of drug-likeness (QED) is 0.904. The average molecular weight is 262 g/mol. The molecule has 0 aliphatic rings. The second-order valence-corrected chi connectivity index (χ2v) is 4.33. The van der Waals surface area contributed by atoms with E-state index in [9.17, 15) is 4.79 Å². The standard InChI is InChI=1S/C13H12ClN3O/c1-8-3-4-9(2)10(7-8)13(18)17-12-11(14)15-5-6-16-12/h3-7H,1-2H3,(H,16,17,18). The Bertz CT molecular complexity index is 599. The lowest BCUT2D eigenvalue weighted by molar-refractivity contribution is 0.102. The molecule has 0 saturated heterocycles. The Kier molecular flexibility index (Phi) is 3.58. The number of carbonyl (C=O) groups is 1. The van der Waals surface area contributed by atoms with E-state index in [0.29, 0.717) is 5.56 Å². The first-order chi connectivity index (χ1) is 8.58. The molecule has 0 spiro atoms. The van der Waals surface area contributed by atoms with Crippen molar-refractivity contribution in [3.63, 3.8) is 0 Å². The van der Waals surface area contributed by atoms with E-state index in [2.05, 4.69) is 15.3 Å². The largest absolute Gasteiger partial charge is 0.304 e. The van der Waals surface area contributed by atoms with Crippen LogP contribution in [-0.4, -0.2) is 15.9 Å². The monoisotopic (exact) mass is 261 g/mol. The Hall–Kier alpha value is -1.94. The van der Waals surface area contributed by atoms with Gasteiger partial charge in [0.15, 0.2) is 11.0 Å². The van der Waals surface area contributed by atoms with Crippen LogP contribution >= 0.6 is 11.6 Å². The molecule has 0 fully saturated rings. The van der Waals surface area contributed by atoms with Crippen LogP contribution in [0.3, 0.4) is 0 Å². The van der Waals surface area contributed by atoms with Gasteiger partial charge >= 0.3 is 0 Å². The Morgan fingerprint density at radius 1 is 1.22 bits per heavy atom. The van der Waals surface area contributed by atoms with E-state index in [0.717, 1.165) is 11.1 Å². The van der Waals surface area contributed by atoms with Crippen molar-refractivity contribution in [1.29, 1.82) is 0 Å². The number of carbonyl (C=O) groups excluding carboxylic acids is 1. The van der Waals surface area contributed by atoms with Gasteiger partial charge < -0.3 is 5.32 Å². The molecule has 18 heavy (non-hydrogen) atoms. The van der Waals surface area contributed by atoms with Crippen molar-refractivity contribution >= 4 is 23.3 Å². The van der Waals surface area contributed by atoms with Gasteiger partial charge in [-0.1, -0.05) is 29.3 Å². The minimum atomic E-state index is -0.237. The maximum atomic E-state index is 12.1. The third-order valence-electron chi connectivity index (χ3n) is 2.52. The lowest BCUT2D eigenvalue weighted by Gasteiger charge is -2.08. The SMILES string of the molecule is Cc1ccc(C)c(C(=O)Nc2nccnc2Cl)c1. The van der Waals surface area contributed by atoms with E-state index in [1.165, 1.54) is 12.4 Å². The molecule has 92 valence electrons. The van der Waals surface area contributed by atoms with Crippen LogP contribution in [-0.2, 0) is 0 Å². The highest BCUT2D eigenvalue weighted by Crippen LogP contribution is 2.17. The van der Waals surface area contributed by atoms with Crippen LogP contribution in [0.1, 0.15) is 21.5 Å². The van der Waals surface area contributed by atoms with E-state index >= 15 is 0 Å². The molecule has 0 aliphatic carbocycles. The van der Waals surface area contributed by atoms with Crippen molar-refractivity contribution in [2.75, 3.05) is 5.32 Å². The fourth-order valence-electron chi connectivity index (χ4n) is 1.56. The van der Waals surface area contributed by atoms with Crippen LogP contribution in [0.2, 0.25) is 5.15 Å². The summed E-state index contributed by atoms with van der Waals surface area (Å²) < 4.78 is 0. The van der Waals surface area contributed by atoms with E-state index in [1.54, 1.807) is 0 Å². The Balaban J connectivity index is 2.28. The van der Waals surface area contributed by atoms with Gasteiger partial charge in [0, 0.05) is 18.0 Å². The fraction of sp³-hybridized carbons (Fsp3) is 0.154. The lowest BCUT2D eigenvalue weighted by Crippen LogP contribution is -2.15. The van der Waals surface area contributed by atoms with Gasteiger partial charge in [0.1, 0.15) is 0 Å². The Morgan fingerprint density at radius 3 is 2.67 bits per heavy atom. The fourth-order valence-corrected chi connectivity index (χ4v) is 1.71. The van der Waals surface area contributed by atoms with Gasteiger partial charge in [-0.15, -0.1) is 0 Å². The highest BCUT2D eigenvalue weighted by molar-refractivity contribution is 6.32. The molecule has 1 aromatic carbocycles. The summed E-state index contributed by atoms with van der Waals surface area (Å²) in [6, 6.07) is 5.69. The summed E-state index contributed by atoms with van der Waals surface area (Å²) in [7, 11) is 0. The van der Waals surface area contributed by atoms with E-state index < -0.39 is 0 Å². The smallest absolute Gasteiger partial charge is 0.257 e. The third-order valence-corrected chi connectivity index (χ3v) is 2.80. The summed E-state index contributed by atoms with van der Waals surface area (Å²) >= 11 is 5.84. The van der Waals surface area contributed by atoms with Crippen molar-refractivity contribution in [2.24, 2.45) is 0 Å². The normalized spacial score (nSPS) is 10.2. The predicted octanol–water partition coefficient (Wildman–Crippen LogP) is 3.00. The minimum absolute atomic E-state index is 0.177. The molecule has 0 atom stereocenters. The molecule has 5 heteroatoms. The molecule has 0 aliphatic heterocycles. The second-order valence-electron chi connectivity index (χ2n) is 3.97. The first kappa shape index (κ1) is 12.5. The summed E-state index contributed by atoms with van der Waals surface area (Å²) in [4.78, 5) is 19.9. The lowest BCUT2D eigenvalue weighted by atomic mass is 10.1. The molecular weight excluding hydrogens is 250 g/mol. The first-order valence-corrected chi connectivity index (χ1v) is 5.81. The highest BCUT2D eigenvalue weighted by Gasteiger charge is 2.12. The van der Waals surface area contributed by atoms with Gasteiger partial charge in [-0.2, -0.15) is 0 Å². The molecule has 1 N–H and O–H groups in total. The molecule has 0 radical (unpaired) electrons.